The highest BCUT2D eigenvalue weighted by molar-refractivity contribution is 4.83. The minimum atomic E-state index is -0.0508. The summed E-state index contributed by atoms with van der Waals surface area (Å²) in [5, 5.41) is 3.29. The molecule has 0 fully saturated rings. The lowest BCUT2D eigenvalue weighted by Crippen LogP contribution is -2.52. The number of rotatable bonds is 6. The molecule has 0 aliphatic carbocycles. The second-order valence-electron chi connectivity index (χ2n) is 2.93. The van der Waals surface area contributed by atoms with Crippen molar-refractivity contribution in [2.24, 2.45) is 5.73 Å². The summed E-state index contributed by atoms with van der Waals surface area (Å²) in [5.74, 6) is 0. The van der Waals surface area contributed by atoms with Gasteiger partial charge >= 0.3 is 0 Å². The largest absolute Gasteiger partial charge is 0.380 e. The quantitative estimate of drug-likeness (QED) is 0.589. The van der Waals surface area contributed by atoms with Crippen molar-refractivity contribution in [2.75, 3.05) is 26.3 Å². The highest BCUT2D eigenvalue weighted by Gasteiger charge is 2.20. The maximum absolute atomic E-state index is 5.59. The van der Waals surface area contributed by atoms with Crippen LogP contribution < -0.4 is 11.1 Å². The molecule has 1 unspecified atom stereocenters. The van der Waals surface area contributed by atoms with Crippen molar-refractivity contribution < 1.29 is 4.74 Å². The Kier molecular flexibility index (Phi) is 5.46. The number of hydrogen-bond acceptors (Lipinski definition) is 3. The van der Waals surface area contributed by atoms with Gasteiger partial charge in [-0.05, 0) is 20.4 Å². The molecule has 0 aromatic carbocycles. The van der Waals surface area contributed by atoms with Gasteiger partial charge in [0, 0.05) is 13.2 Å². The lowest BCUT2D eigenvalue weighted by atomic mass is 10.0. The van der Waals surface area contributed by atoms with Gasteiger partial charge in [0.1, 0.15) is 0 Å². The third kappa shape index (κ3) is 4.35. The molecule has 3 N–H and O–H groups in total. The molecule has 0 saturated heterocycles. The Bertz CT molecular complexity index is 98.1. The molecule has 0 aromatic rings. The highest BCUT2D eigenvalue weighted by atomic mass is 16.5. The average Bonchev–Trinajstić information content (AvgIpc) is 2.02. The molecule has 68 valence electrons. The minimum absolute atomic E-state index is 0.0508. The highest BCUT2D eigenvalue weighted by Crippen LogP contribution is 2.00. The van der Waals surface area contributed by atoms with Gasteiger partial charge in [0.25, 0.3) is 0 Å². The molecule has 0 amide bonds. The zero-order chi connectivity index (χ0) is 8.74. The molecule has 3 nitrogen and oxygen atoms in total. The molecule has 1 atom stereocenters. The van der Waals surface area contributed by atoms with Crippen molar-refractivity contribution in [2.45, 2.75) is 26.3 Å². The minimum Gasteiger partial charge on any atom is -0.380 e. The molecular weight excluding hydrogens is 140 g/mol. The van der Waals surface area contributed by atoms with Crippen LogP contribution in [0.3, 0.4) is 0 Å². The molecule has 0 rings (SSSR count). The van der Waals surface area contributed by atoms with Crippen molar-refractivity contribution >= 4 is 0 Å². The Morgan fingerprint density at radius 2 is 2.09 bits per heavy atom. The van der Waals surface area contributed by atoms with Crippen LogP contribution in [0.4, 0.5) is 0 Å². The lowest BCUT2D eigenvalue weighted by molar-refractivity contribution is 0.0885. The summed E-state index contributed by atoms with van der Waals surface area (Å²) >= 11 is 0. The van der Waals surface area contributed by atoms with Crippen LogP contribution >= 0.6 is 0 Å². The van der Waals surface area contributed by atoms with E-state index in [1.54, 1.807) is 0 Å². The van der Waals surface area contributed by atoms with Gasteiger partial charge < -0.3 is 15.8 Å². The predicted octanol–water partition coefficient (Wildman–Crippen LogP) is 0.350. The van der Waals surface area contributed by atoms with Gasteiger partial charge in [-0.3, -0.25) is 0 Å². The van der Waals surface area contributed by atoms with E-state index in [-0.39, 0.29) is 5.54 Å². The first kappa shape index (κ1) is 10.9. The van der Waals surface area contributed by atoms with Gasteiger partial charge in [-0.15, -0.1) is 0 Å². The molecule has 0 aliphatic heterocycles. The van der Waals surface area contributed by atoms with Crippen LogP contribution in [-0.4, -0.2) is 31.8 Å². The van der Waals surface area contributed by atoms with Gasteiger partial charge in [-0.1, -0.05) is 6.92 Å². The summed E-state index contributed by atoms with van der Waals surface area (Å²) in [4.78, 5) is 0. The molecule has 0 aliphatic rings. The van der Waals surface area contributed by atoms with Crippen LogP contribution in [0, 0.1) is 0 Å². The Labute approximate surface area is 69.3 Å². The maximum atomic E-state index is 5.59. The van der Waals surface area contributed by atoms with Crippen molar-refractivity contribution in [1.29, 1.82) is 0 Å². The SMILES string of the molecule is CCNC(C)(CN)COCC. The van der Waals surface area contributed by atoms with Crippen molar-refractivity contribution in [3.63, 3.8) is 0 Å². The Morgan fingerprint density at radius 3 is 2.45 bits per heavy atom. The fourth-order valence-corrected chi connectivity index (χ4v) is 0.936. The smallest absolute Gasteiger partial charge is 0.0657 e. The van der Waals surface area contributed by atoms with E-state index in [9.17, 15) is 0 Å². The van der Waals surface area contributed by atoms with Crippen LogP contribution in [0.25, 0.3) is 0 Å². The van der Waals surface area contributed by atoms with Crippen molar-refractivity contribution in [1.82, 2.24) is 5.32 Å². The fourth-order valence-electron chi connectivity index (χ4n) is 0.936. The van der Waals surface area contributed by atoms with Crippen LogP contribution in [0.2, 0.25) is 0 Å². The van der Waals surface area contributed by atoms with Crippen molar-refractivity contribution in [3.05, 3.63) is 0 Å². The number of nitrogens with one attached hydrogen (secondary N) is 1. The molecule has 11 heavy (non-hydrogen) atoms. The van der Waals surface area contributed by atoms with Crippen LogP contribution in [0.1, 0.15) is 20.8 Å². The molecule has 0 bridgehead atoms. The lowest BCUT2D eigenvalue weighted by Gasteiger charge is -2.28. The third-order valence-electron chi connectivity index (χ3n) is 1.68. The zero-order valence-corrected chi connectivity index (χ0v) is 7.81. The number of hydrogen-bond donors (Lipinski definition) is 2. The standard InChI is InChI=1S/C8H20N2O/c1-4-10-8(3,6-9)7-11-5-2/h10H,4-7,9H2,1-3H3. The normalized spacial score (nSPS) is 16.4. The molecule has 3 heteroatoms. The van der Waals surface area contributed by atoms with E-state index in [4.69, 9.17) is 10.5 Å². The number of nitrogens with two attached hydrogens (primary N) is 1. The zero-order valence-electron chi connectivity index (χ0n) is 7.81. The second-order valence-corrected chi connectivity index (χ2v) is 2.93. The summed E-state index contributed by atoms with van der Waals surface area (Å²) in [6, 6.07) is 0. The maximum Gasteiger partial charge on any atom is 0.0657 e. The first-order chi connectivity index (χ1) is 5.18. The van der Waals surface area contributed by atoms with E-state index in [0.29, 0.717) is 13.2 Å². The summed E-state index contributed by atoms with van der Waals surface area (Å²) in [5.41, 5.74) is 5.54. The van der Waals surface area contributed by atoms with Crippen LogP contribution in [0.15, 0.2) is 0 Å². The summed E-state index contributed by atoms with van der Waals surface area (Å²) in [7, 11) is 0. The fraction of sp³-hybridized carbons (Fsp3) is 1.00. The second kappa shape index (κ2) is 5.52. The van der Waals surface area contributed by atoms with E-state index in [1.807, 2.05) is 6.92 Å². The summed E-state index contributed by atoms with van der Waals surface area (Å²) in [6.45, 7) is 9.12. The van der Waals surface area contributed by atoms with E-state index in [2.05, 4.69) is 19.2 Å². The molecule has 0 heterocycles. The predicted molar refractivity (Wildman–Crippen MR) is 47.6 cm³/mol. The average molecular weight is 160 g/mol. The first-order valence-electron chi connectivity index (χ1n) is 4.21. The van der Waals surface area contributed by atoms with Gasteiger partial charge in [-0.25, -0.2) is 0 Å². The first-order valence-corrected chi connectivity index (χ1v) is 4.21. The van der Waals surface area contributed by atoms with E-state index in [1.165, 1.54) is 0 Å². The summed E-state index contributed by atoms with van der Waals surface area (Å²) < 4.78 is 5.30. The molecule has 0 radical (unpaired) electrons. The van der Waals surface area contributed by atoms with Gasteiger partial charge in [0.15, 0.2) is 0 Å². The van der Waals surface area contributed by atoms with Crippen LogP contribution in [-0.2, 0) is 4.74 Å². The Balaban J connectivity index is 3.68. The molecule has 0 spiro atoms. The number of likely N-dealkylation sites (N-methyl/N-ethyl adjacent to an activating group) is 1. The van der Waals surface area contributed by atoms with Gasteiger partial charge in [-0.2, -0.15) is 0 Å². The summed E-state index contributed by atoms with van der Waals surface area (Å²) in [6.07, 6.45) is 0. The number of ether oxygens (including phenoxy) is 1. The third-order valence-corrected chi connectivity index (χ3v) is 1.68. The Morgan fingerprint density at radius 1 is 1.45 bits per heavy atom. The van der Waals surface area contributed by atoms with E-state index < -0.39 is 0 Å². The monoisotopic (exact) mass is 160 g/mol. The van der Waals surface area contributed by atoms with E-state index in [0.717, 1.165) is 13.2 Å². The van der Waals surface area contributed by atoms with Gasteiger partial charge in [0.05, 0.1) is 12.1 Å². The molecule has 0 saturated carbocycles. The molecular formula is C8H20N2O. The van der Waals surface area contributed by atoms with E-state index >= 15 is 0 Å². The van der Waals surface area contributed by atoms with Gasteiger partial charge in [0.2, 0.25) is 0 Å². The Hall–Kier alpha value is -0.120. The van der Waals surface area contributed by atoms with Crippen LogP contribution in [0.5, 0.6) is 0 Å². The topological polar surface area (TPSA) is 47.3 Å². The molecule has 0 aromatic heterocycles. The van der Waals surface area contributed by atoms with Crippen molar-refractivity contribution in [3.8, 4) is 0 Å².